The van der Waals surface area contributed by atoms with Gasteiger partial charge in [-0.05, 0) is 25.1 Å². The molecule has 0 heterocycles. The molecule has 0 aliphatic heterocycles. The summed E-state index contributed by atoms with van der Waals surface area (Å²) in [6, 6.07) is 4.29. The second-order valence-electron chi connectivity index (χ2n) is 3.72. The number of hydrogen-bond acceptors (Lipinski definition) is 5. The molecule has 0 bridgehead atoms. The predicted molar refractivity (Wildman–Crippen MR) is 72.7 cm³/mol. The predicted octanol–water partition coefficient (Wildman–Crippen LogP) is 2.02. The van der Waals surface area contributed by atoms with Crippen LogP contribution in [-0.4, -0.2) is 31.6 Å². The van der Waals surface area contributed by atoms with Crippen molar-refractivity contribution in [2.24, 2.45) is 0 Å². The number of hydrogen-bond donors (Lipinski definition) is 1. The van der Waals surface area contributed by atoms with Gasteiger partial charge in [0.15, 0.2) is 0 Å². The van der Waals surface area contributed by atoms with E-state index < -0.39 is 24.3 Å². The number of amides is 1. The van der Waals surface area contributed by atoms with Crippen LogP contribution in [0, 0.1) is 0 Å². The smallest absolute Gasteiger partial charge is 0.337 e. The first kappa shape index (κ1) is 16.0. The van der Waals surface area contributed by atoms with Crippen LogP contribution in [0.15, 0.2) is 18.2 Å². The number of ether oxygens (including phenoxy) is 2. The number of benzene rings is 1. The molecule has 6 nitrogen and oxygen atoms in total. The summed E-state index contributed by atoms with van der Waals surface area (Å²) in [4.78, 5) is 34.1. The van der Waals surface area contributed by atoms with E-state index in [1.54, 1.807) is 6.92 Å². The van der Waals surface area contributed by atoms with Crippen LogP contribution in [0.1, 0.15) is 23.7 Å². The maximum absolute atomic E-state index is 11.6. The van der Waals surface area contributed by atoms with E-state index >= 15 is 0 Å². The fourth-order valence-corrected chi connectivity index (χ4v) is 1.57. The molecule has 1 aromatic carbocycles. The molecule has 0 atom stereocenters. The van der Waals surface area contributed by atoms with Gasteiger partial charge in [0.2, 0.25) is 5.91 Å². The monoisotopic (exact) mass is 299 g/mol. The van der Waals surface area contributed by atoms with Crippen molar-refractivity contribution < 1.29 is 23.9 Å². The molecule has 20 heavy (non-hydrogen) atoms. The molecule has 1 N–H and O–H groups in total. The third-order valence-electron chi connectivity index (χ3n) is 2.27. The molecule has 7 heteroatoms. The molecule has 0 saturated carbocycles. The Morgan fingerprint density at radius 2 is 2.00 bits per heavy atom. The largest absolute Gasteiger partial charge is 0.466 e. The highest BCUT2D eigenvalue weighted by Gasteiger charge is 2.14. The number of halogens is 1. The van der Waals surface area contributed by atoms with E-state index in [4.69, 9.17) is 11.6 Å². The minimum atomic E-state index is -0.634. The van der Waals surface area contributed by atoms with Gasteiger partial charge in [-0.3, -0.25) is 9.59 Å². The molecule has 1 rings (SSSR count). The van der Waals surface area contributed by atoms with E-state index in [2.05, 4.69) is 14.8 Å². The van der Waals surface area contributed by atoms with Gasteiger partial charge in [0.05, 0.1) is 30.0 Å². The summed E-state index contributed by atoms with van der Waals surface area (Å²) in [6.07, 6.45) is -0.424. The topological polar surface area (TPSA) is 81.7 Å². The first-order chi connectivity index (χ1) is 9.47. The number of rotatable bonds is 5. The van der Waals surface area contributed by atoms with Crippen LogP contribution in [0.3, 0.4) is 0 Å². The molecule has 0 unspecified atom stereocenters. The van der Waals surface area contributed by atoms with Crippen molar-refractivity contribution in [3.05, 3.63) is 28.8 Å². The SMILES string of the molecule is CCOC(=O)CC(=O)Nc1cc(C(=O)OC)ccc1Cl. The molecule has 0 radical (unpaired) electrons. The Labute approximate surface area is 121 Å². The first-order valence-corrected chi connectivity index (χ1v) is 6.19. The number of carbonyl (C=O) groups is 3. The van der Waals surface area contributed by atoms with E-state index in [1.807, 2.05) is 0 Å². The number of methoxy groups -OCH3 is 1. The second kappa shape index (κ2) is 7.49. The van der Waals surface area contributed by atoms with Crippen molar-refractivity contribution in [2.75, 3.05) is 19.0 Å². The summed E-state index contributed by atoms with van der Waals surface area (Å²) in [5.41, 5.74) is 0.465. The lowest BCUT2D eigenvalue weighted by Gasteiger charge is -2.08. The summed E-state index contributed by atoms with van der Waals surface area (Å²) in [5, 5.41) is 2.68. The van der Waals surface area contributed by atoms with Gasteiger partial charge in [-0.2, -0.15) is 0 Å². The average Bonchev–Trinajstić information content (AvgIpc) is 2.40. The maximum Gasteiger partial charge on any atom is 0.337 e. The van der Waals surface area contributed by atoms with Crippen LogP contribution < -0.4 is 5.32 Å². The fraction of sp³-hybridized carbons (Fsp3) is 0.308. The molecular weight excluding hydrogens is 286 g/mol. The maximum atomic E-state index is 11.6. The quantitative estimate of drug-likeness (QED) is 0.664. The average molecular weight is 300 g/mol. The first-order valence-electron chi connectivity index (χ1n) is 5.81. The second-order valence-corrected chi connectivity index (χ2v) is 4.12. The van der Waals surface area contributed by atoms with Crippen LogP contribution >= 0.6 is 11.6 Å². The van der Waals surface area contributed by atoms with Crippen LogP contribution in [0.4, 0.5) is 5.69 Å². The molecule has 0 aromatic heterocycles. The Kier molecular flexibility index (Phi) is 5.99. The number of anilines is 1. The van der Waals surface area contributed by atoms with Crippen LogP contribution in [0.2, 0.25) is 5.02 Å². The van der Waals surface area contributed by atoms with Gasteiger partial charge in [0.1, 0.15) is 6.42 Å². The molecule has 1 aromatic rings. The van der Waals surface area contributed by atoms with Gasteiger partial charge in [0.25, 0.3) is 0 Å². The molecule has 0 aliphatic carbocycles. The van der Waals surface area contributed by atoms with E-state index in [9.17, 15) is 14.4 Å². The lowest BCUT2D eigenvalue weighted by Crippen LogP contribution is -2.18. The molecule has 0 fully saturated rings. The minimum Gasteiger partial charge on any atom is -0.466 e. The summed E-state index contributed by atoms with van der Waals surface area (Å²) in [7, 11) is 1.25. The van der Waals surface area contributed by atoms with Crippen molar-refractivity contribution in [3.8, 4) is 0 Å². The lowest BCUT2D eigenvalue weighted by molar-refractivity contribution is -0.145. The Hall–Kier alpha value is -2.08. The van der Waals surface area contributed by atoms with Crippen molar-refractivity contribution in [3.63, 3.8) is 0 Å². The summed E-state index contributed by atoms with van der Waals surface area (Å²) < 4.78 is 9.22. The molecule has 0 aliphatic rings. The zero-order valence-electron chi connectivity index (χ0n) is 11.1. The Morgan fingerprint density at radius 1 is 1.30 bits per heavy atom. The summed E-state index contributed by atoms with van der Waals surface area (Å²) >= 11 is 5.90. The molecule has 0 saturated heterocycles. The van der Waals surface area contributed by atoms with Gasteiger partial charge >= 0.3 is 11.9 Å². The highest BCUT2D eigenvalue weighted by Crippen LogP contribution is 2.23. The number of nitrogens with one attached hydrogen (secondary N) is 1. The number of esters is 2. The summed E-state index contributed by atoms with van der Waals surface area (Å²) in [5.74, 6) is -1.76. The zero-order valence-corrected chi connectivity index (χ0v) is 11.8. The van der Waals surface area contributed by atoms with E-state index in [-0.39, 0.29) is 22.9 Å². The van der Waals surface area contributed by atoms with E-state index in [0.717, 1.165) is 0 Å². The molecule has 108 valence electrons. The highest BCUT2D eigenvalue weighted by atomic mass is 35.5. The van der Waals surface area contributed by atoms with Crippen molar-refractivity contribution in [2.45, 2.75) is 13.3 Å². The lowest BCUT2D eigenvalue weighted by atomic mass is 10.2. The summed E-state index contributed by atoms with van der Waals surface area (Å²) in [6.45, 7) is 1.84. The Morgan fingerprint density at radius 3 is 2.60 bits per heavy atom. The molecule has 0 spiro atoms. The Balaban J connectivity index is 2.78. The van der Waals surface area contributed by atoms with Gasteiger partial charge in [-0.25, -0.2) is 4.79 Å². The van der Waals surface area contributed by atoms with Crippen LogP contribution in [0.25, 0.3) is 0 Å². The zero-order chi connectivity index (χ0) is 15.1. The minimum absolute atomic E-state index is 0.199. The van der Waals surface area contributed by atoms with Crippen molar-refractivity contribution in [1.29, 1.82) is 0 Å². The van der Waals surface area contributed by atoms with Crippen LogP contribution in [0.5, 0.6) is 0 Å². The van der Waals surface area contributed by atoms with Crippen LogP contribution in [-0.2, 0) is 19.1 Å². The molecule has 1 amide bonds. The standard InChI is InChI=1S/C13H14ClNO5/c1-3-20-12(17)7-11(16)15-10-6-8(13(18)19-2)4-5-9(10)14/h4-6H,3,7H2,1-2H3,(H,15,16). The third-order valence-corrected chi connectivity index (χ3v) is 2.60. The van der Waals surface area contributed by atoms with Gasteiger partial charge in [-0.15, -0.1) is 0 Å². The number of carbonyl (C=O) groups excluding carboxylic acids is 3. The van der Waals surface area contributed by atoms with E-state index in [1.165, 1.54) is 25.3 Å². The van der Waals surface area contributed by atoms with Gasteiger partial charge in [0, 0.05) is 0 Å². The fourth-order valence-electron chi connectivity index (χ4n) is 1.40. The van der Waals surface area contributed by atoms with E-state index in [0.29, 0.717) is 0 Å². The Bertz CT molecular complexity index is 529. The van der Waals surface area contributed by atoms with Gasteiger partial charge < -0.3 is 14.8 Å². The normalized spacial score (nSPS) is 9.75. The third kappa shape index (κ3) is 4.55. The van der Waals surface area contributed by atoms with Gasteiger partial charge in [-0.1, -0.05) is 11.6 Å². The van der Waals surface area contributed by atoms with Crippen molar-refractivity contribution >= 4 is 35.1 Å². The molecular formula is C13H14ClNO5. The highest BCUT2D eigenvalue weighted by molar-refractivity contribution is 6.34. The van der Waals surface area contributed by atoms with Crippen molar-refractivity contribution in [1.82, 2.24) is 0 Å².